The molecule has 0 bridgehead atoms. The molecule has 0 aromatic carbocycles. The van der Waals surface area contributed by atoms with Gasteiger partial charge in [-0.05, 0) is 26.2 Å². The van der Waals surface area contributed by atoms with Crippen LogP contribution in [0.25, 0.3) is 0 Å². The summed E-state index contributed by atoms with van der Waals surface area (Å²) in [4.78, 5) is 4.63. The summed E-state index contributed by atoms with van der Waals surface area (Å²) in [6.45, 7) is 5.29. The molecule has 1 fully saturated rings. The van der Waals surface area contributed by atoms with Crippen LogP contribution < -0.4 is 5.73 Å². The van der Waals surface area contributed by atoms with Crippen LogP contribution in [0.15, 0.2) is 4.52 Å². The largest absolute Gasteiger partial charge is 0.370 e. The summed E-state index contributed by atoms with van der Waals surface area (Å²) in [6, 6.07) is 0. The minimum atomic E-state index is -0.119. The Kier molecular flexibility index (Phi) is 5.54. The summed E-state index contributed by atoms with van der Waals surface area (Å²) in [6.07, 6.45) is 7.82. The molecule has 1 saturated carbocycles. The van der Waals surface area contributed by atoms with E-state index in [1.54, 1.807) is 0 Å². The third-order valence-corrected chi connectivity index (χ3v) is 4.37. The first kappa shape index (κ1) is 15.4. The van der Waals surface area contributed by atoms with Gasteiger partial charge >= 0.3 is 0 Å². The van der Waals surface area contributed by atoms with Gasteiger partial charge in [-0.1, -0.05) is 37.8 Å². The zero-order valence-electron chi connectivity index (χ0n) is 12.7. The predicted molar refractivity (Wildman–Crippen MR) is 77.4 cm³/mol. The molecule has 5 heteroatoms. The van der Waals surface area contributed by atoms with Crippen molar-refractivity contribution in [2.45, 2.75) is 70.3 Å². The minimum Gasteiger partial charge on any atom is -0.370 e. The van der Waals surface area contributed by atoms with Crippen LogP contribution in [-0.2, 0) is 10.2 Å². The monoisotopic (exact) mass is 281 g/mol. The van der Waals surface area contributed by atoms with Crippen molar-refractivity contribution in [1.29, 1.82) is 0 Å². The van der Waals surface area contributed by atoms with E-state index in [4.69, 9.17) is 15.0 Å². The molecular formula is C15H27N3O2. The molecule has 1 heterocycles. The lowest BCUT2D eigenvalue weighted by atomic mass is 9.80. The fourth-order valence-electron chi connectivity index (χ4n) is 3.07. The van der Waals surface area contributed by atoms with Crippen molar-refractivity contribution in [2.24, 2.45) is 5.73 Å². The predicted octanol–water partition coefficient (Wildman–Crippen LogP) is 3.11. The summed E-state index contributed by atoms with van der Waals surface area (Å²) in [5.41, 5.74) is 5.94. The fourth-order valence-corrected chi connectivity index (χ4v) is 3.07. The molecule has 0 spiro atoms. The summed E-state index contributed by atoms with van der Waals surface area (Å²) in [7, 11) is 0. The first-order chi connectivity index (χ1) is 9.75. The maximum atomic E-state index is 6.06. The minimum absolute atomic E-state index is 0.0712. The van der Waals surface area contributed by atoms with Crippen LogP contribution in [0.1, 0.15) is 76.6 Å². The van der Waals surface area contributed by atoms with Crippen LogP contribution in [0.2, 0.25) is 0 Å². The third kappa shape index (κ3) is 3.20. The Labute approximate surface area is 121 Å². The molecule has 2 rings (SSSR count). The van der Waals surface area contributed by atoms with Crippen molar-refractivity contribution in [3.05, 3.63) is 11.7 Å². The molecular weight excluding hydrogens is 254 g/mol. The Morgan fingerprint density at radius 3 is 2.50 bits per heavy atom. The zero-order chi connectivity index (χ0) is 14.4. The van der Waals surface area contributed by atoms with E-state index in [-0.39, 0.29) is 11.5 Å². The average molecular weight is 281 g/mol. The van der Waals surface area contributed by atoms with E-state index in [9.17, 15) is 0 Å². The molecule has 1 aromatic rings. The van der Waals surface area contributed by atoms with Gasteiger partial charge in [-0.15, -0.1) is 0 Å². The smallest absolute Gasteiger partial charge is 0.234 e. The van der Waals surface area contributed by atoms with Gasteiger partial charge in [0.25, 0.3) is 0 Å². The standard InChI is InChI=1S/C15H27N3O2/c1-3-12(19-4-2)13-17-14(20-18-13)15(11-16)9-7-5-6-8-10-15/h12H,3-11,16H2,1-2H3. The number of hydrogen-bond acceptors (Lipinski definition) is 5. The fraction of sp³-hybridized carbons (Fsp3) is 0.867. The molecule has 1 unspecified atom stereocenters. The lowest BCUT2D eigenvalue weighted by molar-refractivity contribution is 0.0518. The summed E-state index contributed by atoms with van der Waals surface area (Å²) < 4.78 is 11.2. The number of nitrogens with zero attached hydrogens (tertiary/aromatic N) is 2. The first-order valence-corrected chi connectivity index (χ1v) is 7.91. The van der Waals surface area contributed by atoms with Crippen molar-refractivity contribution in [2.75, 3.05) is 13.2 Å². The Hall–Kier alpha value is -0.940. The van der Waals surface area contributed by atoms with E-state index < -0.39 is 0 Å². The van der Waals surface area contributed by atoms with Crippen LogP contribution in [0.5, 0.6) is 0 Å². The molecule has 1 aliphatic rings. The van der Waals surface area contributed by atoms with Gasteiger partial charge in [0.15, 0.2) is 0 Å². The van der Waals surface area contributed by atoms with Gasteiger partial charge in [-0.3, -0.25) is 0 Å². The molecule has 1 atom stereocenters. The average Bonchev–Trinajstić information content (AvgIpc) is 2.84. The van der Waals surface area contributed by atoms with Crippen molar-refractivity contribution < 1.29 is 9.26 Å². The van der Waals surface area contributed by atoms with Crippen LogP contribution in [0, 0.1) is 0 Å². The van der Waals surface area contributed by atoms with Crippen LogP contribution in [0.3, 0.4) is 0 Å². The molecule has 0 radical (unpaired) electrons. The molecule has 2 N–H and O–H groups in total. The number of nitrogens with two attached hydrogens (primary N) is 1. The topological polar surface area (TPSA) is 74.2 Å². The Morgan fingerprint density at radius 2 is 1.95 bits per heavy atom. The highest BCUT2D eigenvalue weighted by molar-refractivity contribution is 5.08. The third-order valence-electron chi connectivity index (χ3n) is 4.37. The molecule has 5 nitrogen and oxygen atoms in total. The lowest BCUT2D eigenvalue weighted by Gasteiger charge is -2.26. The molecule has 20 heavy (non-hydrogen) atoms. The van der Waals surface area contributed by atoms with Crippen LogP contribution >= 0.6 is 0 Å². The van der Waals surface area contributed by atoms with E-state index in [1.165, 1.54) is 25.7 Å². The number of aromatic nitrogens is 2. The van der Waals surface area contributed by atoms with Crippen molar-refractivity contribution >= 4 is 0 Å². The van der Waals surface area contributed by atoms with E-state index >= 15 is 0 Å². The quantitative estimate of drug-likeness (QED) is 0.811. The highest BCUT2D eigenvalue weighted by Crippen LogP contribution is 2.37. The second kappa shape index (κ2) is 7.18. The van der Waals surface area contributed by atoms with E-state index in [2.05, 4.69) is 17.1 Å². The lowest BCUT2D eigenvalue weighted by Crippen LogP contribution is -2.35. The van der Waals surface area contributed by atoms with Crippen molar-refractivity contribution in [3.8, 4) is 0 Å². The Bertz CT molecular complexity index is 398. The van der Waals surface area contributed by atoms with E-state index in [0.717, 1.165) is 25.2 Å². The summed E-state index contributed by atoms with van der Waals surface area (Å²) >= 11 is 0. The second-order valence-electron chi connectivity index (χ2n) is 5.71. The van der Waals surface area contributed by atoms with Gasteiger partial charge in [-0.25, -0.2) is 0 Å². The highest BCUT2D eigenvalue weighted by Gasteiger charge is 2.37. The summed E-state index contributed by atoms with van der Waals surface area (Å²) in [5, 5.41) is 4.14. The van der Waals surface area contributed by atoms with Gasteiger partial charge < -0.3 is 15.0 Å². The summed E-state index contributed by atoms with van der Waals surface area (Å²) in [5.74, 6) is 1.39. The van der Waals surface area contributed by atoms with Crippen molar-refractivity contribution in [3.63, 3.8) is 0 Å². The number of hydrogen-bond donors (Lipinski definition) is 1. The molecule has 0 amide bonds. The maximum Gasteiger partial charge on any atom is 0.234 e. The molecule has 1 aromatic heterocycles. The van der Waals surface area contributed by atoms with Gasteiger partial charge in [0.1, 0.15) is 6.10 Å². The first-order valence-electron chi connectivity index (χ1n) is 7.91. The van der Waals surface area contributed by atoms with Crippen LogP contribution in [-0.4, -0.2) is 23.3 Å². The number of rotatable bonds is 6. The number of ether oxygens (including phenoxy) is 1. The Balaban J connectivity index is 2.20. The van der Waals surface area contributed by atoms with Crippen LogP contribution in [0.4, 0.5) is 0 Å². The van der Waals surface area contributed by atoms with E-state index in [1.807, 2.05) is 6.92 Å². The van der Waals surface area contributed by atoms with Gasteiger partial charge in [0.05, 0.1) is 5.41 Å². The maximum absolute atomic E-state index is 6.06. The molecule has 114 valence electrons. The molecule has 0 aliphatic heterocycles. The SMILES string of the molecule is CCOC(CC)c1noc(C2(CN)CCCCCC2)n1. The van der Waals surface area contributed by atoms with Gasteiger partial charge in [-0.2, -0.15) is 4.98 Å². The van der Waals surface area contributed by atoms with E-state index in [0.29, 0.717) is 19.0 Å². The van der Waals surface area contributed by atoms with Gasteiger partial charge in [0.2, 0.25) is 11.7 Å². The van der Waals surface area contributed by atoms with Crippen molar-refractivity contribution in [1.82, 2.24) is 10.1 Å². The molecule has 0 saturated heterocycles. The zero-order valence-corrected chi connectivity index (χ0v) is 12.7. The van der Waals surface area contributed by atoms with Gasteiger partial charge in [0, 0.05) is 13.2 Å². The second-order valence-corrected chi connectivity index (χ2v) is 5.71. The molecule has 1 aliphatic carbocycles. The highest BCUT2D eigenvalue weighted by atomic mass is 16.5. The normalized spacial score (nSPS) is 20.6. The Morgan fingerprint density at radius 1 is 1.25 bits per heavy atom.